The van der Waals surface area contributed by atoms with Crippen molar-refractivity contribution in [2.24, 2.45) is 0 Å². The molecular weight excluding hydrogens is 435 g/mol. The third-order valence-electron chi connectivity index (χ3n) is 4.83. The summed E-state index contributed by atoms with van der Waals surface area (Å²) in [6, 6.07) is 1.12. The van der Waals surface area contributed by atoms with E-state index in [2.05, 4.69) is 20.2 Å². The maximum atomic E-state index is 14.5. The maximum Gasteiger partial charge on any atom is 0.419 e. The van der Waals surface area contributed by atoms with Gasteiger partial charge in [0, 0.05) is 37.5 Å². The molecule has 12 heteroatoms. The molecule has 3 aromatic rings. The van der Waals surface area contributed by atoms with E-state index < -0.39 is 35.3 Å². The summed E-state index contributed by atoms with van der Waals surface area (Å²) in [6.07, 6.45) is -0.0171. The number of hydrogen-bond acceptors (Lipinski definition) is 5. The zero-order valence-electron chi connectivity index (χ0n) is 17.1. The van der Waals surface area contributed by atoms with E-state index in [-0.39, 0.29) is 30.0 Å². The van der Waals surface area contributed by atoms with Gasteiger partial charge in [-0.25, -0.2) is 18.7 Å². The minimum absolute atomic E-state index is 0.187. The Kier molecular flexibility index (Phi) is 6.80. The molecule has 0 saturated heterocycles. The van der Waals surface area contributed by atoms with Crippen LogP contribution in [-0.4, -0.2) is 48.4 Å². The van der Waals surface area contributed by atoms with Gasteiger partial charge >= 0.3 is 6.18 Å². The van der Waals surface area contributed by atoms with Crippen LogP contribution in [0.2, 0.25) is 0 Å². The zero-order valence-corrected chi connectivity index (χ0v) is 17.1. The Balaban J connectivity index is 1.79. The second kappa shape index (κ2) is 9.37. The maximum absolute atomic E-state index is 14.5. The minimum Gasteiger partial charge on any atom is -0.336 e. The van der Waals surface area contributed by atoms with Crippen molar-refractivity contribution >= 4 is 5.91 Å². The minimum atomic E-state index is -4.53. The number of halogens is 5. The van der Waals surface area contributed by atoms with Gasteiger partial charge < -0.3 is 4.90 Å². The average Bonchev–Trinajstić information content (AvgIpc) is 3.26. The standard InChI is InChI=1S/C20H19F5N6O/c1-3-30(12(2)4-5-17-26-10-13(11-27-17)20(23,24)25)19(32)15-8-14(21)9-16(22)18(15)31-28-6-7-29-31/h6-12H,3-5H2,1-2H3/t12-/m0/s1. The van der Waals surface area contributed by atoms with Crippen LogP contribution < -0.4 is 0 Å². The monoisotopic (exact) mass is 454 g/mol. The lowest BCUT2D eigenvalue weighted by molar-refractivity contribution is -0.138. The van der Waals surface area contributed by atoms with Crippen molar-refractivity contribution in [1.29, 1.82) is 0 Å². The summed E-state index contributed by atoms with van der Waals surface area (Å²) >= 11 is 0. The molecule has 7 nitrogen and oxygen atoms in total. The van der Waals surface area contributed by atoms with Gasteiger partial charge in [0.25, 0.3) is 5.91 Å². The third-order valence-corrected chi connectivity index (χ3v) is 4.83. The lowest BCUT2D eigenvalue weighted by atomic mass is 10.1. The first kappa shape index (κ1) is 23.2. The lowest BCUT2D eigenvalue weighted by Crippen LogP contribution is -2.39. The number of nitrogens with zero attached hydrogens (tertiary/aromatic N) is 6. The van der Waals surface area contributed by atoms with E-state index in [1.54, 1.807) is 13.8 Å². The Labute approximate surface area is 179 Å². The molecule has 0 N–H and O–H groups in total. The predicted octanol–water partition coefficient (Wildman–Crippen LogP) is 3.84. The molecule has 0 spiro atoms. The highest BCUT2D eigenvalue weighted by molar-refractivity contribution is 5.98. The number of rotatable bonds is 7. The quantitative estimate of drug-likeness (QED) is 0.507. The molecule has 3 rings (SSSR count). The van der Waals surface area contributed by atoms with Crippen molar-refractivity contribution in [3.05, 3.63) is 65.5 Å². The van der Waals surface area contributed by atoms with E-state index in [0.29, 0.717) is 24.9 Å². The topological polar surface area (TPSA) is 76.8 Å². The van der Waals surface area contributed by atoms with Crippen molar-refractivity contribution in [1.82, 2.24) is 29.9 Å². The van der Waals surface area contributed by atoms with Gasteiger partial charge in [0.05, 0.1) is 23.5 Å². The second-order valence-electron chi connectivity index (χ2n) is 6.97. The van der Waals surface area contributed by atoms with Crippen molar-refractivity contribution in [3.8, 4) is 5.69 Å². The van der Waals surface area contributed by atoms with E-state index in [1.807, 2.05) is 0 Å². The van der Waals surface area contributed by atoms with Gasteiger partial charge in [0.2, 0.25) is 0 Å². The molecule has 0 aliphatic heterocycles. The summed E-state index contributed by atoms with van der Waals surface area (Å²) in [5, 5.41) is 7.65. The summed E-state index contributed by atoms with van der Waals surface area (Å²) < 4.78 is 66.3. The summed E-state index contributed by atoms with van der Waals surface area (Å²) in [7, 11) is 0. The number of carbonyl (C=O) groups is 1. The van der Waals surface area contributed by atoms with E-state index in [0.717, 1.165) is 10.9 Å². The van der Waals surface area contributed by atoms with Crippen LogP contribution in [-0.2, 0) is 12.6 Å². The fourth-order valence-corrected chi connectivity index (χ4v) is 3.20. The molecule has 0 aliphatic carbocycles. The van der Waals surface area contributed by atoms with Crippen LogP contribution in [0.4, 0.5) is 22.0 Å². The second-order valence-corrected chi connectivity index (χ2v) is 6.97. The summed E-state index contributed by atoms with van der Waals surface area (Å²) in [5.41, 5.74) is -1.48. The van der Waals surface area contributed by atoms with E-state index in [4.69, 9.17) is 0 Å². The van der Waals surface area contributed by atoms with E-state index >= 15 is 0 Å². The molecule has 32 heavy (non-hydrogen) atoms. The lowest BCUT2D eigenvalue weighted by Gasteiger charge is -2.29. The molecule has 0 radical (unpaired) electrons. The van der Waals surface area contributed by atoms with Crippen LogP contribution >= 0.6 is 0 Å². The Morgan fingerprint density at radius 2 is 1.75 bits per heavy atom. The van der Waals surface area contributed by atoms with Gasteiger partial charge in [-0.05, 0) is 26.3 Å². The number of amides is 1. The Morgan fingerprint density at radius 1 is 1.12 bits per heavy atom. The van der Waals surface area contributed by atoms with Crippen molar-refractivity contribution < 1.29 is 26.7 Å². The number of benzene rings is 1. The van der Waals surface area contributed by atoms with E-state index in [1.165, 1.54) is 17.3 Å². The molecule has 0 bridgehead atoms. The SMILES string of the molecule is CCN(C(=O)c1cc(F)cc(F)c1-n1nccn1)[C@@H](C)CCc1ncc(C(F)(F)F)cn1. The van der Waals surface area contributed by atoms with Gasteiger partial charge in [0.1, 0.15) is 17.3 Å². The molecule has 1 atom stereocenters. The molecule has 2 heterocycles. The van der Waals surface area contributed by atoms with Gasteiger partial charge in [-0.1, -0.05) is 0 Å². The van der Waals surface area contributed by atoms with Crippen LogP contribution in [0.1, 0.15) is 42.0 Å². The molecule has 170 valence electrons. The van der Waals surface area contributed by atoms with Crippen LogP contribution in [0.25, 0.3) is 5.69 Å². The number of alkyl halides is 3. The Bertz CT molecular complexity index is 1070. The summed E-state index contributed by atoms with van der Waals surface area (Å²) in [4.78, 5) is 22.9. The van der Waals surface area contributed by atoms with Crippen LogP contribution in [0, 0.1) is 11.6 Å². The van der Waals surface area contributed by atoms with Crippen molar-refractivity contribution in [3.63, 3.8) is 0 Å². The smallest absolute Gasteiger partial charge is 0.336 e. The van der Waals surface area contributed by atoms with E-state index in [9.17, 15) is 26.7 Å². The third kappa shape index (κ3) is 5.06. The fourth-order valence-electron chi connectivity index (χ4n) is 3.20. The molecule has 0 unspecified atom stereocenters. The van der Waals surface area contributed by atoms with Crippen LogP contribution in [0.5, 0.6) is 0 Å². The average molecular weight is 454 g/mol. The molecule has 0 fully saturated rings. The number of carbonyl (C=O) groups excluding carboxylic acids is 1. The van der Waals surface area contributed by atoms with Crippen LogP contribution in [0.15, 0.2) is 36.9 Å². The number of aromatic nitrogens is 5. The molecule has 0 aliphatic rings. The molecule has 0 saturated carbocycles. The summed E-state index contributed by atoms with van der Waals surface area (Å²) in [6.45, 7) is 3.63. The summed E-state index contributed by atoms with van der Waals surface area (Å²) in [5.74, 6) is -2.37. The fraction of sp³-hybridized carbons (Fsp3) is 0.350. The highest BCUT2D eigenvalue weighted by atomic mass is 19.4. The molecule has 1 amide bonds. The number of hydrogen-bond donors (Lipinski definition) is 0. The van der Waals surface area contributed by atoms with Crippen molar-refractivity contribution in [2.75, 3.05) is 6.54 Å². The first-order valence-electron chi connectivity index (χ1n) is 9.66. The predicted molar refractivity (Wildman–Crippen MR) is 103 cm³/mol. The zero-order chi connectivity index (χ0) is 23.5. The first-order valence-corrected chi connectivity index (χ1v) is 9.66. The van der Waals surface area contributed by atoms with Crippen molar-refractivity contribution in [2.45, 2.75) is 38.9 Å². The highest BCUT2D eigenvalue weighted by Gasteiger charge is 2.31. The molecule has 2 aromatic heterocycles. The van der Waals surface area contributed by atoms with Gasteiger partial charge in [-0.2, -0.15) is 23.4 Å². The highest BCUT2D eigenvalue weighted by Crippen LogP contribution is 2.28. The normalized spacial score (nSPS) is 12.6. The van der Waals surface area contributed by atoms with Crippen LogP contribution in [0.3, 0.4) is 0 Å². The molecule has 1 aromatic carbocycles. The largest absolute Gasteiger partial charge is 0.419 e. The van der Waals surface area contributed by atoms with Gasteiger partial charge in [0.15, 0.2) is 5.82 Å². The van der Waals surface area contributed by atoms with Gasteiger partial charge in [-0.3, -0.25) is 4.79 Å². The number of aryl methyl sites for hydroxylation is 1. The van der Waals surface area contributed by atoms with Gasteiger partial charge in [-0.15, -0.1) is 4.80 Å². The Hall–Kier alpha value is -3.44. The first-order chi connectivity index (χ1) is 15.1. The molecular formula is C20H19F5N6O. The Morgan fingerprint density at radius 3 is 2.31 bits per heavy atom.